The standard InChI is InChI=1S/C14H16ClN5O2S/c1-8(2)13-17-5-9(20-13)6-19-23(21,22)11-7-18-14-12(11)10(15)3-4-16-14/h3-5,7-8,19H,6H2,1-2H3,(H,16,18)(H,17,20). The van der Waals surface area contributed by atoms with Gasteiger partial charge in [0.2, 0.25) is 10.0 Å². The van der Waals surface area contributed by atoms with E-state index in [4.69, 9.17) is 11.6 Å². The summed E-state index contributed by atoms with van der Waals surface area (Å²) in [6.45, 7) is 4.13. The molecule has 0 radical (unpaired) electrons. The van der Waals surface area contributed by atoms with Crippen LogP contribution in [-0.4, -0.2) is 28.4 Å². The van der Waals surface area contributed by atoms with Crippen LogP contribution in [0.1, 0.15) is 31.3 Å². The second kappa shape index (κ2) is 5.95. The number of aromatic nitrogens is 4. The van der Waals surface area contributed by atoms with Crippen molar-refractivity contribution in [2.45, 2.75) is 31.2 Å². The van der Waals surface area contributed by atoms with Gasteiger partial charge in [-0.25, -0.2) is 23.1 Å². The number of hydrogen-bond acceptors (Lipinski definition) is 4. The molecule has 0 aliphatic rings. The first kappa shape index (κ1) is 16.0. The van der Waals surface area contributed by atoms with Crippen LogP contribution in [-0.2, 0) is 16.6 Å². The number of sulfonamides is 1. The summed E-state index contributed by atoms with van der Waals surface area (Å²) < 4.78 is 27.6. The highest BCUT2D eigenvalue weighted by atomic mass is 35.5. The second-order valence-electron chi connectivity index (χ2n) is 5.44. The molecule has 0 amide bonds. The van der Waals surface area contributed by atoms with Gasteiger partial charge in [-0.15, -0.1) is 0 Å². The number of aromatic amines is 2. The van der Waals surface area contributed by atoms with Crippen molar-refractivity contribution in [3.8, 4) is 0 Å². The summed E-state index contributed by atoms with van der Waals surface area (Å²) in [5.74, 6) is 1.07. The van der Waals surface area contributed by atoms with Crippen LogP contribution in [0.2, 0.25) is 5.02 Å². The van der Waals surface area contributed by atoms with Gasteiger partial charge < -0.3 is 9.97 Å². The van der Waals surface area contributed by atoms with Gasteiger partial charge in [0.1, 0.15) is 16.4 Å². The molecular formula is C14H16ClN5O2S. The van der Waals surface area contributed by atoms with E-state index in [9.17, 15) is 8.42 Å². The number of imidazole rings is 1. The summed E-state index contributed by atoms with van der Waals surface area (Å²) in [4.78, 5) is 14.3. The highest BCUT2D eigenvalue weighted by Crippen LogP contribution is 2.28. The highest BCUT2D eigenvalue weighted by molar-refractivity contribution is 7.89. The maximum Gasteiger partial charge on any atom is 0.243 e. The number of pyridine rings is 1. The lowest BCUT2D eigenvalue weighted by Gasteiger charge is -2.05. The minimum atomic E-state index is -3.73. The Kier molecular flexibility index (Phi) is 4.13. The number of fused-ring (bicyclic) bond motifs is 1. The molecule has 3 N–H and O–H groups in total. The number of halogens is 1. The van der Waals surface area contributed by atoms with Gasteiger partial charge in [0.25, 0.3) is 0 Å². The van der Waals surface area contributed by atoms with Gasteiger partial charge in [-0.1, -0.05) is 25.4 Å². The second-order valence-corrected chi connectivity index (χ2v) is 7.58. The minimum absolute atomic E-state index is 0.0780. The SMILES string of the molecule is CC(C)c1ncc(CNS(=O)(=O)c2c[nH]c3nccc(Cl)c23)[nH]1. The molecule has 0 atom stereocenters. The van der Waals surface area contributed by atoms with Gasteiger partial charge >= 0.3 is 0 Å². The van der Waals surface area contributed by atoms with Gasteiger partial charge in [-0.05, 0) is 6.07 Å². The van der Waals surface area contributed by atoms with E-state index in [1.807, 2.05) is 13.8 Å². The van der Waals surface area contributed by atoms with Gasteiger partial charge in [-0.3, -0.25) is 0 Å². The van der Waals surface area contributed by atoms with Crippen LogP contribution in [0.5, 0.6) is 0 Å². The summed E-state index contributed by atoms with van der Waals surface area (Å²) in [7, 11) is -3.73. The van der Waals surface area contributed by atoms with Crippen LogP contribution in [0.15, 0.2) is 29.6 Å². The highest BCUT2D eigenvalue weighted by Gasteiger charge is 2.21. The van der Waals surface area contributed by atoms with Crippen LogP contribution in [0.25, 0.3) is 11.0 Å². The Bertz CT molecular complexity index is 945. The molecule has 0 aliphatic carbocycles. The van der Waals surface area contributed by atoms with Crippen LogP contribution in [0.4, 0.5) is 0 Å². The zero-order valence-corrected chi connectivity index (χ0v) is 14.2. The van der Waals surface area contributed by atoms with Crippen LogP contribution >= 0.6 is 11.6 Å². The molecule has 3 aromatic rings. The van der Waals surface area contributed by atoms with Crippen molar-refractivity contribution in [1.82, 2.24) is 24.7 Å². The molecular weight excluding hydrogens is 338 g/mol. The van der Waals surface area contributed by atoms with Crippen molar-refractivity contribution in [2.75, 3.05) is 0 Å². The molecule has 0 aliphatic heterocycles. The predicted octanol–water partition coefficient (Wildman–Crippen LogP) is 2.54. The molecule has 0 fully saturated rings. The Hall–Kier alpha value is -1.90. The molecule has 0 bridgehead atoms. The topological polar surface area (TPSA) is 104 Å². The Labute approximate surface area is 138 Å². The molecule has 7 nitrogen and oxygen atoms in total. The quantitative estimate of drug-likeness (QED) is 0.655. The van der Waals surface area contributed by atoms with E-state index in [1.54, 1.807) is 12.3 Å². The fourth-order valence-electron chi connectivity index (χ4n) is 2.21. The summed E-state index contributed by atoms with van der Waals surface area (Å²) >= 11 is 6.10. The summed E-state index contributed by atoms with van der Waals surface area (Å²) in [5.41, 5.74) is 1.13. The smallest absolute Gasteiger partial charge is 0.243 e. The average Bonchev–Trinajstić information content (AvgIpc) is 3.13. The van der Waals surface area contributed by atoms with Gasteiger partial charge in [-0.2, -0.15) is 0 Å². The van der Waals surface area contributed by atoms with Crippen LogP contribution in [0.3, 0.4) is 0 Å². The molecule has 9 heteroatoms. The van der Waals surface area contributed by atoms with Crippen LogP contribution in [0, 0.1) is 0 Å². The fourth-order valence-corrected chi connectivity index (χ4v) is 3.70. The molecule has 0 spiro atoms. The van der Waals surface area contributed by atoms with Gasteiger partial charge in [0.15, 0.2) is 0 Å². The van der Waals surface area contributed by atoms with Crippen molar-refractivity contribution in [1.29, 1.82) is 0 Å². The van der Waals surface area contributed by atoms with E-state index in [-0.39, 0.29) is 17.4 Å². The first-order valence-corrected chi connectivity index (χ1v) is 8.89. The Morgan fingerprint density at radius 1 is 1.35 bits per heavy atom. The largest absolute Gasteiger partial charge is 0.345 e. The Morgan fingerprint density at radius 3 is 2.83 bits per heavy atom. The third-order valence-corrected chi connectivity index (χ3v) is 5.16. The summed E-state index contributed by atoms with van der Waals surface area (Å²) in [5, 5.41) is 0.717. The normalized spacial score (nSPS) is 12.3. The zero-order valence-electron chi connectivity index (χ0n) is 12.6. The van der Waals surface area contributed by atoms with E-state index >= 15 is 0 Å². The minimum Gasteiger partial charge on any atom is -0.345 e. The maximum atomic E-state index is 12.5. The van der Waals surface area contributed by atoms with Crippen LogP contribution < -0.4 is 4.72 Å². The Morgan fingerprint density at radius 2 is 2.13 bits per heavy atom. The summed E-state index contributed by atoms with van der Waals surface area (Å²) in [6.07, 6.45) is 4.53. The van der Waals surface area contributed by atoms with E-state index in [1.165, 1.54) is 12.4 Å². The van der Waals surface area contributed by atoms with Crippen molar-refractivity contribution >= 4 is 32.7 Å². The molecule has 0 saturated heterocycles. The molecule has 0 aromatic carbocycles. The molecule has 122 valence electrons. The van der Waals surface area contributed by atoms with Gasteiger partial charge in [0.05, 0.1) is 17.0 Å². The van der Waals surface area contributed by atoms with Gasteiger partial charge in [0, 0.05) is 30.2 Å². The molecule has 3 rings (SSSR count). The maximum absolute atomic E-state index is 12.5. The number of nitrogens with zero attached hydrogens (tertiary/aromatic N) is 2. The number of H-pyrrole nitrogens is 2. The average molecular weight is 354 g/mol. The molecule has 0 unspecified atom stereocenters. The zero-order chi connectivity index (χ0) is 16.6. The lowest BCUT2D eigenvalue weighted by Crippen LogP contribution is -2.23. The predicted molar refractivity (Wildman–Crippen MR) is 87.8 cm³/mol. The van der Waals surface area contributed by atoms with E-state index in [0.29, 0.717) is 21.7 Å². The lowest BCUT2D eigenvalue weighted by molar-refractivity contribution is 0.581. The van der Waals surface area contributed by atoms with Crippen molar-refractivity contribution in [3.63, 3.8) is 0 Å². The third kappa shape index (κ3) is 3.10. The van der Waals surface area contributed by atoms with Crippen molar-refractivity contribution < 1.29 is 8.42 Å². The van der Waals surface area contributed by atoms with Crippen molar-refractivity contribution in [3.05, 3.63) is 41.2 Å². The number of rotatable bonds is 5. The first-order chi connectivity index (χ1) is 10.9. The lowest BCUT2D eigenvalue weighted by atomic mass is 10.2. The van der Waals surface area contributed by atoms with E-state index in [0.717, 1.165) is 5.82 Å². The third-order valence-electron chi connectivity index (χ3n) is 3.42. The molecule has 3 aromatic heterocycles. The Balaban J connectivity index is 1.86. The van der Waals surface area contributed by atoms with E-state index in [2.05, 4.69) is 24.7 Å². The molecule has 3 heterocycles. The fraction of sp³-hybridized carbons (Fsp3) is 0.286. The van der Waals surface area contributed by atoms with Crippen molar-refractivity contribution in [2.24, 2.45) is 0 Å². The summed E-state index contributed by atoms with van der Waals surface area (Å²) in [6, 6.07) is 1.56. The first-order valence-electron chi connectivity index (χ1n) is 7.03. The molecule has 0 saturated carbocycles. The monoisotopic (exact) mass is 353 g/mol. The van der Waals surface area contributed by atoms with E-state index < -0.39 is 10.0 Å². The number of nitrogens with one attached hydrogen (secondary N) is 3. The number of hydrogen-bond donors (Lipinski definition) is 3. The molecule has 23 heavy (non-hydrogen) atoms.